The summed E-state index contributed by atoms with van der Waals surface area (Å²) in [5.41, 5.74) is 1.15. The minimum absolute atomic E-state index is 0.0247. The van der Waals surface area contributed by atoms with Crippen LogP contribution in [0, 0.1) is 6.92 Å². The minimum Gasteiger partial charge on any atom is -0.578 e. The topological polar surface area (TPSA) is 63.7 Å². The van der Waals surface area contributed by atoms with Gasteiger partial charge >= 0.3 is 97.2 Å². The average molecular weight is 625 g/mol. The first-order valence-electron chi connectivity index (χ1n) is 9.68. The van der Waals surface area contributed by atoms with Gasteiger partial charge in [-0.25, -0.2) is 0 Å². The predicted molar refractivity (Wildman–Crippen MR) is 111 cm³/mol. The third-order valence-corrected chi connectivity index (χ3v) is 8.89. The second-order valence-electron chi connectivity index (χ2n) is 7.97. The molecule has 0 N–H and O–H groups in total. The number of hydrogen-bond donors (Lipinski definition) is 0. The fourth-order valence-corrected chi connectivity index (χ4v) is 6.28. The van der Waals surface area contributed by atoms with E-state index in [2.05, 4.69) is 79.9 Å². The Hall–Kier alpha value is -2.74. The van der Waals surface area contributed by atoms with Crippen LogP contribution in [0.2, 0.25) is 0 Å². The van der Waals surface area contributed by atoms with Gasteiger partial charge in [-0.2, -0.15) is 13.2 Å². The van der Waals surface area contributed by atoms with E-state index in [4.69, 9.17) is 0 Å². The number of hydrogen-bond acceptors (Lipinski definition) is 5. The molecular weight excluding hydrogens is 602 g/mol. The van der Waals surface area contributed by atoms with E-state index >= 15 is 0 Å². The smallest absolute Gasteiger partial charge is 0.431 e. The molecule has 0 unspecified atom stereocenters. The van der Waals surface area contributed by atoms with Gasteiger partial charge in [-0.15, -0.1) is 11.4 Å². The van der Waals surface area contributed by atoms with Gasteiger partial charge in [0.15, 0.2) is 0 Å². The molecule has 3 aliphatic rings. The average Bonchev–Trinajstić information content (AvgIpc) is 3.48. The Balaban J connectivity index is 0.000000157. The molecule has 7 nitrogen and oxygen atoms in total. The SMILES string of the molecule is CN1C=CC=C2[C]1=[Pt]=[C]1N(C)C=CN21.Cc1cc(C(C)(C)c2cc(C(F)(F)F)n[n-]2)[n-]n1. The molecule has 0 aromatic carbocycles. The van der Waals surface area contributed by atoms with Gasteiger partial charge in [-0.1, -0.05) is 26.0 Å². The maximum absolute atomic E-state index is 12.5. The molecule has 174 valence electrons. The number of allylic oxidation sites excluding steroid dienone is 2. The maximum atomic E-state index is 12.5. The largest absolute Gasteiger partial charge is 0.578 e. The zero-order chi connectivity index (χ0) is 23.3. The number of aromatic nitrogens is 4. The third-order valence-electron chi connectivity index (χ3n) is 5.12. The summed E-state index contributed by atoms with van der Waals surface area (Å²) in [5.74, 6) is 0. The molecule has 0 saturated heterocycles. The quantitative estimate of drug-likeness (QED) is 0.509. The summed E-state index contributed by atoms with van der Waals surface area (Å²) in [6, 6.07) is 2.67. The van der Waals surface area contributed by atoms with Crippen LogP contribution in [0.15, 0.2) is 48.6 Å². The van der Waals surface area contributed by atoms with Crippen molar-refractivity contribution in [3.63, 3.8) is 0 Å². The molecule has 32 heavy (non-hydrogen) atoms. The van der Waals surface area contributed by atoms with E-state index < -0.39 is 17.3 Å². The molecule has 0 bridgehead atoms. The Bertz CT molecular complexity index is 1190. The van der Waals surface area contributed by atoms with E-state index in [0.717, 1.165) is 6.07 Å². The van der Waals surface area contributed by atoms with Gasteiger partial charge in [0.2, 0.25) is 0 Å². The van der Waals surface area contributed by atoms with Gasteiger partial charge in [0.25, 0.3) is 0 Å². The molecule has 0 atom stereocenters. The summed E-state index contributed by atoms with van der Waals surface area (Å²) in [6.07, 6.45) is 6.25. The molecule has 0 amide bonds. The summed E-state index contributed by atoms with van der Waals surface area (Å²) in [4.78, 5) is 6.78. The zero-order valence-electron chi connectivity index (χ0n) is 18.1. The fraction of sp³-hybridized carbons (Fsp3) is 0.333. The summed E-state index contributed by atoms with van der Waals surface area (Å²) in [5, 5.41) is 14.5. The fourth-order valence-electron chi connectivity index (χ4n) is 3.18. The molecule has 5 heterocycles. The number of fused-ring (bicyclic) bond motifs is 3. The number of alkyl halides is 3. The number of aryl methyl sites for hydroxylation is 1. The second kappa shape index (κ2) is 7.99. The van der Waals surface area contributed by atoms with Crippen LogP contribution in [0.3, 0.4) is 0 Å². The van der Waals surface area contributed by atoms with Crippen LogP contribution in [0.4, 0.5) is 13.2 Å². The van der Waals surface area contributed by atoms with Crippen LogP contribution < -0.4 is 10.2 Å². The van der Waals surface area contributed by atoms with E-state index in [0.29, 0.717) is 11.4 Å². The molecule has 0 radical (unpaired) electrons. The van der Waals surface area contributed by atoms with E-state index in [1.165, 1.54) is 13.9 Å². The molecule has 5 rings (SSSR count). The van der Waals surface area contributed by atoms with Gasteiger partial charge in [-0.05, 0) is 12.3 Å². The van der Waals surface area contributed by atoms with Crippen LogP contribution in [0.1, 0.15) is 36.6 Å². The van der Waals surface area contributed by atoms with Crippen LogP contribution in [0.5, 0.6) is 0 Å². The Morgan fingerprint density at radius 1 is 0.938 bits per heavy atom. The molecule has 0 aliphatic carbocycles. The van der Waals surface area contributed by atoms with Crippen LogP contribution in [0.25, 0.3) is 0 Å². The first-order chi connectivity index (χ1) is 15.0. The van der Waals surface area contributed by atoms with Gasteiger partial charge < -0.3 is 20.4 Å². The molecule has 2 aromatic heterocycles. The van der Waals surface area contributed by atoms with Crippen molar-refractivity contribution in [1.82, 2.24) is 35.1 Å². The second-order valence-corrected chi connectivity index (χ2v) is 10.6. The monoisotopic (exact) mass is 624 g/mol. The van der Waals surface area contributed by atoms with Crippen molar-refractivity contribution in [2.75, 3.05) is 14.1 Å². The van der Waals surface area contributed by atoms with E-state index in [1.807, 2.05) is 0 Å². The van der Waals surface area contributed by atoms with Crippen molar-refractivity contribution >= 4 is 8.17 Å². The van der Waals surface area contributed by atoms with Crippen LogP contribution in [-0.2, 0) is 29.2 Å². The third kappa shape index (κ3) is 4.03. The van der Waals surface area contributed by atoms with E-state index in [1.54, 1.807) is 26.8 Å². The van der Waals surface area contributed by atoms with Crippen LogP contribution in [-0.4, -0.2) is 47.2 Å². The maximum Gasteiger partial charge on any atom is 0.431 e. The number of likely N-dealkylation sites (N-methyl/N-ethyl adjacent to an activating group) is 1. The van der Waals surface area contributed by atoms with E-state index in [-0.39, 0.29) is 23.3 Å². The van der Waals surface area contributed by atoms with Crippen LogP contribution >= 0.6 is 0 Å². The van der Waals surface area contributed by atoms with Crippen molar-refractivity contribution in [2.45, 2.75) is 32.4 Å². The van der Waals surface area contributed by atoms with Crippen molar-refractivity contribution in [2.24, 2.45) is 0 Å². The first kappa shape index (κ1) is 22.5. The van der Waals surface area contributed by atoms with E-state index in [9.17, 15) is 13.2 Å². The Morgan fingerprint density at radius 3 is 2.25 bits per heavy atom. The van der Waals surface area contributed by atoms with Gasteiger partial charge in [0, 0.05) is 5.69 Å². The predicted octanol–water partition coefficient (Wildman–Crippen LogP) is 2.41. The zero-order valence-corrected chi connectivity index (χ0v) is 20.4. The molecule has 11 heteroatoms. The number of nitrogens with zero attached hydrogens (tertiary/aromatic N) is 7. The molecular formula is C21H22F3N7Pt-2. The normalized spacial score (nSPS) is 17.8. The Morgan fingerprint density at radius 2 is 1.62 bits per heavy atom. The molecule has 3 aliphatic heterocycles. The Kier molecular flexibility index (Phi) is 5.61. The summed E-state index contributed by atoms with van der Waals surface area (Å²) in [7, 11) is 4.25. The number of halogens is 3. The molecule has 0 saturated carbocycles. The summed E-state index contributed by atoms with van der Waals surface area (Å²) in [6.45, 7) is 5.24. The van der Waals surface area contributed by atoms with Gasteiger partial charge in [0.05, 0.1) is 0 Å². The van der Waals surface area contributed by atoms with Crippen molar-refractivity contribution in [3.05, 3.63) is 71.4 Å². The van der Waals surface area contributed by atoms with Crippen molar-refractivity contribution in [1.29, 1.82) is 0 Å². The molecule has 0 spiro atoms. The standard InChI is InChI=1S/C11H11F3N4.C10H11N3.Pt/c1-6-4-7(16-15-6)10(2,3)8-5-9(18-17-8)11(12,13)14;1-11-5-3-4-10(8-11)13-7-6-12(2)9-13;/h4-5H,1-3H3;3-7H,1-2H3;/q-2;;. The first-order valence-corrected chi connectivity index (χ1v) is 12.0. The van der Waals surface area contributed by atoms with Gasteiger partial charge in [0.1, 0.15) is 5.69 Å². The molecule has 2 aromatic rings. The Labute approximate surface area is 191 Å². The van der Waals surface area contributed by atoms with Crippen molar-refractivity contribution in [3.8, 4) is 0 Å². The number of rotatable bonds is 2. The van der Waals surface area contributed by atoms with Crippen molar-refractivity contribution < 1.29 is 30.8 Å². The van der Waals surface area contributed by atoms with Gasteiger partial charge in [-0.3, -0.25) is 0 Å². The summed E-state index contributed by atoms with van der Waals surface area (Å²) < 4.78 is 40.4. The molecule has 0 fully saturated rings. The minimum atomic E-state index is -4.48. The summed E-state index contributed by atoms with van der Waals surface area (Å²) >= 11 is -0.0247.